The predicted molar refractivity (Wildman–Crippen MR) is 68.0 cm³/mol. The number of carbonyl (C=O) groups excluding carboxylic acids is 2. The Kier molecular flexibility index (Phi) is 4.53. The van der Waals surface area contributed by atoms with E-state index in [4.69, 9.17) is 0 Å². The number of rotatable bonds is 7. The van der Waals surface area contributed by atoms with Crippen molar-refractivity contribution < 1.29 is 9.59 Å². The van der Waals surface area contributed by atoms with Gasteiger partial charge in [-0.25, -0.2) is 4.79 Å². The molecule has 0 saturated carbocycles. The fraction of sp³-hybridized carbons (Fsp3) is 0.818. The van der Waals surface area contributed by atoms with Crippen LogP contribution in [0.3, 0.4) is 0 Å². The number of hydrogen-bond acceptors (Lipinski definition) is 3. The lowest BCUT2D eigenvalue weighted by atomic mass is 10.0. The zero-order chi connectivity index (χ0) is 12.1. The number of fused-ring (bicyclic) bond motifs is 1. The molecule has 96 valence electrons. The normalized spacial score (nSPS) is 30.6. The molecule has 2 heterocycles. The van der Waals surface area contributed by atoms with E-state index in [2.05, 4.69) is 16.0 Å². The summed E-state index contributed by atoms with van der Waals surface area (Å²) < 4.78 is 0. The second kappa shape index (κ2) is 6.14. The molecule has 2 aliphatic rings. The summed E-state index contributed by atoms with van der Waals surface area (Å²) in [5, 5.41) is 9.16. The van der Waals surface area contributed by atoms with Crippen molar-refractivity contribution in [3.8, 4) is 0 Å². The monoisotopic (exact) mass is 257 g/mol. The molecule has 0 spiro atoms. The van der Waals surface area contributed by atoms with Gasteiger partial charge >= 0.3 is 6.03 Å². The van der Waals surface area contributed by atoms with E-state index < -0.39 is 0 Å². The molecule has 0 aliphatic carbocycles. The van der Waals surface area contributed by atoms with Crippen LogP contribution in [-0.4, -0.2) is 42.1 Å². The maximum absolute atomic E-state index is 11.2. The number of hydrogen-bond donors (Lipinski definition) is 3. The topological polar surface area (TPSA) is 70.2 Å². The lowest BCUT2D eigenvalue weighted by Crippen LogP contribution is -2.36. The summed E-state index contributed by atoms with van der Waals surface area (Å²) >= 11 is 1.96. The Morgan fingerprint density at radius 3 is 3.06 bits per heavy atom. The number of nitrogens with one attached hydrogen (secondary N) is 3. The average molecular weight is 257 g/mol. The van der Waals surface area contributed by atoms with E-state index in [0.717, 1.165) is 44.4 Å². The molecule has 3 N–H and O–H groups in total. The Balaban J connectivity index is 1.60. The minimum Gasteiger partial charge on any atom is -0.359 e. The SMILES string of the molecule is O=CNCCCCC[C@@H]1SC[C@@H]2NC(=O)N[C@@H]21. The maximum atomic E-state index is 11.2. The van der Waals surface area contributed by atoms with Gasteiger partial charge in [0.2, 0.25) is 6.41 Å². The van der Waals surface area contributed by atoms with Crippen molar-refractivity contribution in [2.45, 2.75) is 43.0 Å². The van der Waals surface area contributed by atoms with Crippen LogP contribution in [0.15, 0.2) is 0 Å². The largest absolute Gasteiger partial charge is 0.359 e. The molecule has 0 aromatic rings. The zero-order valence-electron chi connectivity index (χ0n) is 9.78. The summed E-state index contributed by atoms with van der Waals surface area (Å²) in [4.78, 5) is 21.2. The minimum atomic E-state index is -0.0134. The van der Waals surface area contributed by atoms with Crippen molar-refractivity contribution >= 4 is 24.2 Å². The van der Waals surface area contributed by atoms with Crippen LogP contribution in [0.5, 0.6) is 0 Å². The van der Waals surface area contributed by atoms with Crippen LogP contribution in [0, 0.1) is 0 Å². The molecule has 0 radical (unpaired) electrons. The molecule has 0 aromatic carbocycles. The van der Waals surface area contributed by atoms with Crippen molar-refractivity contribution in [2.75, 3.05) is 12.3 Å². The van der Waals surface area contributed by atoms with Crippen molar-refractivity contribution in [3.05, 3.63) is 0 Å². The van der Waals surface area contributed by atoms with E-state index in [9.17, 15) is 9.59 Å². The third-order valence-electron chi connectivity index (χ3n) is 3.33. The molecule has 5 nitrogen and oxygen atoms in total. The summed E-state index contributed by atoms with van der Waals surface area (Å²) in [6.45, 7) is 0.769. The van der Waals surface area contributed by atoms with Gasteiger partial charge in [-0.15, -0.1) is 0 Å². The van der Waals surface area contributed by atoms with Crippen LogP contribution < -0.4 is 16.0 Å². The molecule has 2 aliphatic heterocycles. The van der Waals surface area contributed by atoms with Gasteiger partial charge in [0.1, 0.15) is 0 Å². The molecular weight excluding hydrogens is 238 g/mol. The van der Waals surface area contributed by atoms with Gasteiger partial charge in [0.25, 0.3) is 0 Å². The Morgan fingerprint density at radius 2 is 2.24 bits per heavy atom. The molecule has 0 aromatic heterocycles. The molecule has 17 heavy (non-hydrogen) atoms. The van der Waals surface area contributed by atoms with E-state index in [1.54, 1.807) is 0 Å². The Bertz CT molecular complexity index is 288. The second-order valence-corrected chi connectivity index (χ2v) is 5.82. The number of unbranched alkanes of at least 4 members (excludes halogenated alkanes) is 2. The van der Waals surface area contributed by atoms with Crippen LogP contribution in [0.25, 0.3) is 0 Å². The molecule has 3 atom stereocenters. The number of urea groups is 1. The van der Waals surface area contributed by atoms with Gasteiger partial charge < -0.3 is 16.0 Å². The first-order valence-electron chi connectivity index (χ1n) is 6.17. The predicted octanol–water partition coefficient (Wildman–Crippen LogP) is 0.458. The number of amides is 3. The van der Waals surface area contributed by atoms with Gasteiger partial charge in [0.05, 0.1) is 12.1 Å². The van der Waals surface area contributed by atoms with E-state index >= 15 is 0 Å². The highest BCUT2D eigenvalue weighted by Gasteiger charge is 2.42. The number of carbonyl (C=O) groups is 2. The average Bonchev–Trinajstić information content (AvgIpc) is 2.83. The highest BCUT2D eigenvalue weighted by atomic mass is 32.2. The fourth-order valence-electron chi connectivity index (χ4n) is 2.45. The van der Waals surface area contributed by atoms with E-state index in [1.165, 1.54) is 0 Å². The molecule has 2 rings (SSSR count). The summed E-state index contributed by atoms with van der Waals surface area (Å²) in [6.07, 6.45) is 5.23. The lowest BCUT2D eigenvalue weighted by molar-refractivity contribution is -0.109. The summed E-state index contributed by atoms with van der Waals surface area (Å²) in [5.74, 6) is 1.03. The molecular formula is C11H19N3O2S. The van der Waals surface area contributed by atoms with Crippen molar-refractivity contribution in [1.29, 1.82) is 0 Å². The molecule has 2 saturated heterocycles. The van der Waals surface area contributed by atoms with Crippen LogP contribution in [-0.2, 0) is 4.79 Å². The zero-order valence-corrected chi connectivity index (χ0v) is 10.6. The first kappa shape index (κ1) is 12.5. The highest BCUT2D eigenvalue weighted by Crippen LogP contribution is 2.33. The van der Waals surface area contributed by atoms with Gasteiger partial charge in [-0.05, 0) is 12.8 Å². The van der Waals surface area contributed by atoms with Crippen molar-refractivity contribution in [2.24, 2.45) is 0 Å². The molecule has 6 heteroatoms. The first-order chi connectivity index (χ1) is 8.31. The fourth-order valence-corrected chi connectivity index (χ4v) is 3.99. The Labute approximate surface area is 105 Å². The molecule has 0 bridgehead atoms. The smallest absolute Gasteiger partial charge is 0.315 e. The third kappa shape index (κ3) is 3.28. The van der Waals surface area contributed by atoms with Crippen LogP contribution in [0.2, 0.25) is 0 Å². The number of thioether (sulfide) groups is 1. The van der Waals surface area contributed by atoms with Crippen molar-refractivity contribution in [3.63, 3.8) is 0 Å². The maximum Gasteiger partial charge on any atom is 0.315 e. The van der Waals surface area contributed by atoms with Gasteiger partial charge in [-0.2, -0.15) is 11.8 Å². The van der Waals surface area contributed by atoms with Crippen molar-refractivity contribution in [1.82, 2.24) is 16.0 Å². The third-order valence-corrected chi connectivity index (χ3v) is 4.84. The van der Waals surface area contributed by atoms with E-state index in [-0.39, 0.29) is 6.03 Å². The van der Waals surface area contributed by atoms with Gasteiger partial charge in [-0.3, -0.25) is 4.79 Å². The second-order valence-electron chi connectivity index (χ2n) is 4.54. The molecule has 3 amide bonds. The van der Waals surface area contributed by atoms with Gasteiger partial charge in [-0.1, -0.05) is 12.8 Å². The Morgan fingerprint density at radius 1 is 1.35 bits per heavy atom. The standard InChI is InChI=1S/C11H19N3O2S/c15-7-12-5-3-1-2-4-9-10-8(6-17-9)13-11(16)14-10/h7-10H,1-6H2,(H,12,15)(H2,13,14,16)/t8-,9-,10-/m0/s1. The first-order valence-corrected chi connectivity index (χ1v) is 7.22. The van der Waals surface area contributed by atoms with Crippen LogP contribution in [0.1, 0.15) is 25.7 Å². The summed E-state index contributed by atoms with van der Waals surface area (Å²) in [6, 6.07) is 0.635. The van der Waals surface area contributed by atoms with Gasteiger partial charge in [0.15, 0.2) is 0 Å². The van der Waals surface area contributed by atoms with Crippen LogP contribution in [0.4, 0.5) is 4.79 Å². The Hall–Kier alpha value is -0.910. The van der Waals surface area contributed by atoms with E-state index in [0.29, 0.717) is 17.3 Å². The quantitative estimate of drug-likeness (QED) is 0.352. The van der Waals surface area contributed by atoms with Crippen LogP contribution >= 0.6 is 11.8 Å². The summed E-state index contributed by atoms with van der Waals surface area (Å²) in [5.41, 5.74) is 0. The molecule has 0 unspecified atom stereocenters. The minimum absolute atomic E-state index is 0.0134. The lowest BCUT2D eigenvalue weighted by Gasteiger charge is -2.16. The van der Waals surface area contributed by atoms with E-state index in [1.807, 2.05) is 11.8 Å². The van der Waals surface area contributed by atoms with Gasteiger partial charge in [0, 0.05) is 17.5 Å². The highest BCUT2D eigenvalue weighted by molar-refractivity contribution is 8.00. The summed E-state index contributed by atoms with van der Waals surface area (Å²) in [7, 11) is 0. The molecule has 2 fully saturated rings.